The Labute approximate surface area is 129 Å². The van der Waals surface area contributed by atoms with E-state index in [-0.39, 0.29) is 17.2 Å². The Hall–Kier alpha value is -0.230. The smallest absolute Gasteiger partial charge is 0.177 e. The summed E-state index contributed by atoms with van der Waals surface area (Å²) in [5.41, 5.74) is 0.628. The van der Waals surface area contributed by atoms with E-state index in [9.17, 15) is 9.18 Å². The van der Waals surface area contributed by atoms with Crippen LogP contribution in [-0.2, 0) is 6.42 Å². The van der Waals surface area contributed by atoms with E-state index in [1.54, 1.807) is 6.07 Å². The van der Waals surface area contributed by atoms with Crippen molar-refractivity contribution in [3.8, 4) is 0 Å². The first kappa shape index (κ1) is 14.2. The van der Waals surface area contributed by atoms with Crippen LogP contribution in [0.25, 0.3) is 0 Å². The Morgan fingerprint density at radius 2 is 2.06 bits per heavy atom. The number of halogens is 4. The number of rotatable bonds is 3. The Kier molecular flexibility index (Phi) is 4.59. The van der Waals surface area contributed by atoms with Gasteiger partial charge in [0.1, 0.15) is 5.82 Å². The molecule has 1 aromatic heterocycles. The number of carbonyl (C=O) groups excluding carboxylic acids is 1. The van der Waals surface area contributed by atoms with E-state index in [0.717, 1.165) is 8.26 Å². The fraction of sp³-hybridized carbons (Fsp3) is 0.0833. The highest BCUT2D eigenvalue weighted by Gasteiger charge is 2.14. The highest BCUT2D eigenvalue weighted by atomic mass is 79.9. The van der Waals surface area contributed by atoms with Crippen molar-refractivity contribution in [1.82, 2.24) is 0 Å². The van der Waals surface area contributed by atoms with Gasteiger partial charge in [0.15, 0.2) is 5.78 Å². The summed E-state index contributed by atoms with van der Waals surface area (Å²) in [4.78, 5) is 12.7. The minimum atomic E-state index is -0.405. The summed E-state index contributed by atoms with van der Waals surface area (Å²) in [6.45, 7) is 0. The lowest BCUT2D eigenvalue weighted by Gasteiger charge is -2.02. The third-order valence-corrected chi connectivity index (χ3v) is 5.94. The third kappa shape index (κ3) is 3.20. The first-order valence-corrected chi connectivity index (χ1v) is 7.67. The number of thiophene rings is 1. The van der Waals surface area contributed by atoms with Crippen LogP contribution in [0, 0.1) is 5.82 Å². The van der Waals surface area contributed by atoms with Gasteiger partial charge in [0, 0.05) is 15.9 Å². The lowest BCUT2D eigenvalue weighted by atomic mass is 10.1. The SMILES string of the molecule is O=C(Cc1ccc(F)cc1Cl)c1cc(Br)c(Br)s1. The number of ketones is 1. The van der Waals surface area contributed by atoms with Crippen molar-refractivity contribution in [1.29, 1.82) is 0 Å². The maximum absolute atomic E-state index is 12.9. The van der Waals surface area contributed by atoms with E-state index in [2.05, 4.69) is 31.9 Å². The average molecular weight is 413 g/mol. The van der Waals surface area contributed by atoms with Crippen LogP contribution in [-0.4, -0.2) is 5.78 Å². The standard InChI is InChI=1S/C12H6Br2ClFOS/c13-8-5-11(18-12(8)14)10(17)3-6-1-2-7(16)4-9(6)15/h1-2,4-5H,3H2. The van der Waals surface area contributed by atoms with Gasteiger partial charge in [-0.2, -0.15) is 0 Å². The summed E-state index contributed by atoms with van der Waals surface area (Å²) in [6, 6.07) is 5.81. The van der Waals surface area contributed by atoms with E-state index < -0.39 is 5.82 Å². The molecule has 94 valence electrons. The molecule has 0 saturated carbocycles. The van der Waals surface area contributed by atoms with Crippen LogP contribution < -0.4 is 0 Å². The van der Waals surface area contributed by atoms with Crippen molar-refractivity contribution in [3.05, 3.63) is 53.8 Å². The number of Topliss-reactive ketones (excluding diaryl/α,β-unsaturated/α-hetero) is 1. The molecule has 2 rings (SSSR count). The molecule has 1 nitrogen and oxygen atoms in total. The molecule has 0 aliphatic rings. The van der Waals surface area contributed by atoms with Gasteiger partial charge >= 0.3 is 0 Å². The van der Waals surface area contributed by atoms with Gasteiger partial charge in [-0.25, -0.2) is 4.39 Å². The normalized spacial score (nSPS) is 10.7. The molecule has 0 aliphatic heterocycles. The van der Waals surface area contributed by atoms with Crippen LogP contribution in [0.1, 0.15) is 15.2 Å². The lowest BCUT2D eigenvalue weighted by molar-refractivity contribution is 0.0997. The molecule has 0 aliphatic carbocycles. The van der Waals surface area contributed by atoms with E-state index in [1.807, 2.05) is 0 Å². The van der Waals surface area contributed by atoms with Gasteiger partial charge in [0.2, 0.25) is 0 Å². The second kappa shape index (κ2) is 5.82. The second-order valence-corrected chi connectivity index (χ2v) is 7.20. The number of hydrogen-bond acceptors (Lipinski definition) is 2. The molecule has 0 radical (unpaired) electrons. The zero-order valence-electron chi connectivity index (χ0n) is 8.84. The Morgan fingerprint density at radius 3 is 2.61 bits per heavy atom. The molecule has 0 amide bonds. The molecular weight excluding hydrogens is 406 g/mol. The minimum absolute atomic E-state index is 0.0418. The zero-order valence-corrected chi connectivity index (χ0v) is 13.6. The van der Waals surface area contributed by atoms with Crippen molar-refractivity contribution < 1.29 is 9.18 Å². The number of hydrogen-bond donors (Lipinski definition) is 0. The number of carbonyl (C=O) groups is 1. The fourth-order valence-corrected chi connectivity index (χ4v) is 3.62. The lowest BCUT2D eigenvalue weighted by Crippen LogP contribution is -2.01. The topological polar surface area (TPSA) is 17.1 Å². The molecule has 0 fully saturated rings. The molecule has 1 heterocycles. The van der Waals surface area contributed by atoms with Gasteiger partial charge < -0.3 is 0 Å². The van der Waals surface area contributed by atoms with Crippen LogP contribution in [0.5, 0.6) is 0 Å². The summed E-state index contributed by atoms with van der Waals surface area (Å²) in [6.07, 6.45) is 0.165. The van der Waals surface area contributed by atoms with Crippen molar-refractivity contribution in [2.24, 2.45) is 0 Å². The molecule has 18 heavy (non-hydrogen) atoms. The monoisotopic (exact) mass is 410 g/mol. The van der Waals surface area contributed by atoms with E-state index >= 15 is 0 Å². The van der Waals surface area contributed by atoms with Gasteiger partial charge in [0.25, 0.3) is 0 Å². The predicted octanol–water partition coefficient (Wildman–Crippen LogP) is 5.49. The zero-order chi connectivity index (χ0) is 13.3. The predicted molar refractivity (Wildman–Crippen MR) is 79.2 cm³/mol. The minimum Gasteiger partial charge on any atom is -0.293 e. The van der Waals surface area contributed by atoms with Gasteiger partial charge in [-0.1, -0.05) is 17.7 Å². The highest BCUT2D eigenvalue weighted by molar-refractivity contribution is 9.13. The van der Waals surface area contributed by atoms with E-state index in [0.29, 0.717) is 10.4 Å². The van der Waals surface area contributed by atoms with Crippen LogP contribution in [0.15, 0.2) is 32.5 Å². The van der Waals surface area contributed by atoms with Gasteiger partial charge in [-0.15, -0.1) is 11.3 Å². The molecule has 0 N–H and O–H groups in total. The first-order chi connectivity index (χ1) is 8.47. The summed E-state index contributed by atoms with van der Waals surface area (Å²) in [5, 5.41) is 0.276. The largest absolute Gasteiger partial charge is 0.293 e. The fourth-order valence-electron chi connectivity index (χ4n) is 1.41. The Morgan fingerprint density at radius 1 is 1.33 bits per heavy atom. The summed E-state index contributed by atoms with van der Waals surface area (Å²) in [7, 11) is 0. The summed E-state index contributed by atoms with van der Waals surface area (Å²) < 4.78 is 14.6. The molecule has 2 aromatic rings. The van der Waals surface area contributed by atoms with E-state index in [1.165, 1.54) is 29.5 Å². The maximum Gasteiger partial charge on any atom is 0.177 e. The van der Waals surface area contributed by atoms with Crippen molar-refractivity contribution >= 4 is 60.6 Å². The maximum atomic E-state index is 12.9. The molecular formula is C12H6Br2ClFOS. The highest BCUT2D eigenvalue weighted by Crippen LogP contribution is 2.33. The van der Waals surface area contributed by atoms with Gasteiger partial charge in [-0.05, 0) is 55.6 Å². The third-order valence-electron chi connectivity index (χ3n) is 2.29. The van der Waals surface area contributed by atoms with Crippen LogP contribution in [0.2, 0.25) is 5.02 Å². The summed E-state index contributed by atoms with van der Waals surface area (Å²) >= 11 is 13.9. The van der Waals surface area contributed by atoms with Gasteiger partial charge in [-0.3, -0.25) is 4.79 Å². The Balaban J connectivity index is 2.21. The molecule has 0 saturated heterocycles. The number of benzene rings is 1. The van der Waals surface area contributed by atoms with Crippen molar-refractivity contribution in [3.63, 3.8) is 0 Å². The summed E-state index contributed by atoms with van der Waals surface area (Å²) in [5.74, 6) is -0.447. The molecule has 0 unspecified atom stereocenters. The first-order valence-electron chi connectivity index (χ1n) is 4.89. The van der Waals surface area contributed by atoms with Crippen molar-refractivity contribution in [2.75, 3.05) is 0 Å². The van der Waals surface area contributed by atoms with Crippen LogP contribution >= 0.6 is 54.8 Å². The molecule has 0 bridgehead atoms. The van der Waals surface area contributed by atoms with Crippen LogP contribution in [0.3, 0.4) is 0 Å². The van der Waals surface area contributed by atoms with E-state index in [4.69, 9.17) is 11.6 Å². The molecule has 0 atom stereocenters. The van der Waals surface area contributed by atoms with Crippen molar-refractivity contribution in [2.45, 2.75) is 6.42 Å². The second-order valence-electron chi connectivity index (χ2n) is 3.57. The quantitative estimate of drug-likeness (QED) is 0.609. The average Bonchev–Trinajstić information content (AvgIpc) is 2.63. The Bertz CT molecular complexity index is 593. The van der Waals surface area contributed by atoms with Gasteiger partial charge in [0.05, 0.1) is 8.66 Å². The molecule has 1 aromatic carbocycles. The van der Waals surface area contributed by atoms with Crippen LogP contribution in [0.4, 0.5) is 4.39 Å². The molecule has 6 heteroatoms. The molecule has 0 spiro atoms.